The first-order valence-electron chi connectivity index (χ1n) is 10.9. The second-order valence-electron chi connectivity index (χ2n) is 3.91. The summed E-state index contributed by atoms with van der Waals surface area (Å²) in [7, 11) is 0. The third-order valence-corrected chi connectivity index (χ3v) is 2.08. The first kappa shape index (κ1) is 40.1. The van der Waals surface area contributed by atoms with Crippen molar-refractivity contribution in [3.63, 3.8) is 0 Å². The zero-order valence-corrected chi connectivity index (χ0v) is 21.5. The van der Waals surface area contributed by atoms with E-state index in [0.29, 0.717) is 0 Å². The van der Waals surface area contributed by atoms with Crippen LogP contribution in [0.15, 0.2) is 48.1 Å². The summed E-state index contributed by atoms with van der Waals surface area (Å²) in [5.41, 5.74) is 3.77. The maximum atomic E-state index is 2.94. The molecule has 1 aromatic carbocycles. The van der Waals surface area contributed by atoms with Gasteiger partial charge in [0, 0.05) is 0 Å². The lowest BCUT2D eigenvalue weighted by Crippen LogP contribution is -1.70. The minimum atomic E-state index is 1.11. The Kier molecular flexibility index (Phi) is 73.7. The van der Waals surface area contributed by atoms with Crippen LogP contribution >= 0.6 is 0 Å². The molecule has 0 aromatic heterocycles. The quantitative estimate of drug-likeness (QED) is 0.338. The molecule has 0 aliphatic rings. The second-order valence-corrected chi connectivity index (χ2v) is 3.91. The fourth-order valence-electron chi connectivity index (χ4n) is 1.12. The summed E-state index contributed by atoms with van der Waals surface area (Å²) < 4.78 is 0. The van der Waals surface area contributed by atoms with E-state index in [1.54, 1.807) is 0 Å². The fraction of sp³-hybridized carbons (Fsp3) is 0.556. The first-order valence-corrected chi connectivity index (χ1v) is 10.9. The number of hydrogen-bond acceptors (Lipinski definition) is 0. The van der Waals surface area contributed by atoms with Crippen molar-refractivity contribution in [2.45, 2.75) is 104 Å². The smallest absolute Gasteiger partial charge is 0.00110 e. The Morgan fingerprint density at radius 2 is 1.00 bits per heavy atom. The van der Waals surface area contributed by atoms with Crippen molar-refractivity contribution in [2.75, 3.05) is 0 Å². The molecule has 0 atom stereocenters. The van der Waals surface area contributed by atoms with Gasteiger partial charge >= 0.3 is 0 Å². The molecule has 0 saturated carbocycles. The fourth-order valence-corrected chi connectivity index (χ4v) is 1.12. The monoisotopic (exact) mass is 376 g/mol. The van der Waals surface area contributed by atoms with Gasteiger partial charge in [0.1, 0.15) is 0 Å². The molecule has 0 heteroatoms. The maximum absolute atomic E-state index is 2.94. The minimum absolute atomic E-state index is 1.11. The second kappa shape index (κ2) is 49.6. The van der Waals surface area contributed by atoms with E-state index in [2.05, 4.69) is 50.0 Å². The van der Waals surface area contributed by atoms with Crippen LogP contribution in [0.5, 0.6) is 0 Å². The highest BCUT2D eigenvalue weighted by molar-refractivity contribution is 5.28. The molecule has 0 radical (unpaired) electrons. The molecule has 0 aliphatic heterocycles. The van der Waals surface area contributed by atoms with Gasteiger partial charge in [-0.05, 0) is 40.2 Å². The predicted molar refractivity (Wildman–Crippen MR) is 135 cm³/mol. The molecule has 0 aliphatic carbocycles. The van der Waals surface area contributed by atoms with Gasteiger partial charge in [-0.3, -0.25) is 0 Å². The van der Waals surface area contributed by atoms with Gasteiger partial charge in [0.25, 0.3) is 0 Å². The average molecular weight is 377 g/mol. The van der Waals surface area contributed by atoms with Gasteiger partial charge in [-0.2, -0.15) is 0 Å². The van der Waals surface area contributed by atoms with Gasteiger partial charge in [-0.25, -0.2) is 0 Å². The molecule has 160 valence electrons. The molecule has 0 fully saturated rings. The summed E-state index contributed by atoms with van der Waals surface area (Å²) in [6.45, 7) is 30.0. The van der Waals surface area contributed by atoms with E-state index in [-0.39, 0.29) is 0 Å². The Morgan fingerprint density at radius 3 is 1.22 bits per heavy atom. The summed E-state index contributed by atoms with van der Waals surface area (Å²) in [6.07, 6.45) is 5.97. The van der Waals surface area contributed by atoms with Gasteiger partial charge in [0.15, 0.2) is 0 Å². The molecule has 1 aromatic rings. The van der Waals surface area contributed by atoms with E-state index >= 15 is 0 Å². The van der Waals surface area contributed by atoms with Crippen molar-refractivity contribution in [1.29, 1.82) is 0 Å². The molecule has 1 rings (SSSR count). The average Bonchev–Trinajstić information content (AvgIpc) is 2.76. The first-order chi connectivity index (χ1) is 13.1. The maximum Gasteiger partial charge on any atom is -0.00110 e. The number of benzene rings is 1. The summed E-state index contributed by atoms with van der Waals surface area (Å²) in [5, 5.41) is 0. The molecule has 0 N–H and O–H groups in total. The molecule has 0 heterocycles. The standard InChI is InChI=1S/C9H12.C8H10.5C2H6/c1-4-6-8-9(3)7-5-2;1-7-3-5-8(2)6-4-7;5*1-2/h4,6,8H,1-3H3;3-6H,1-2H3;5*1-2H3/b6-4+,9-8-;;;;;;. The Morgan fingerprint density at radius 1 is 0.704 bits per heavy atom. The van der Waals surface area contributed by atoms with Crippen LogP contribution in [0.1, 0.15) is 101 Å². The third-order valence-electron chi connectivity index (χ3n) is 2.08. The van der Waals surface area contributed by atoms with Gasteiger partial charge in [-0.15, -0.1) is 5.92 Å². The van der Waals surface area contributed by atoms with Gasteiger partial charge in [-0.1, -0.05) is 129 Å². The highest BCUT2D eigenvalue weighted by atomic mass is 13.9. The summed E-state index contributed by atoms with van der Waals surface area (Å²) in [4.78, 5) is 0. The summed E-state index contributed by atoms with van der Waals surface area (Å²) >= 11 is 0. The van der Waals surface area contributed by atoms with Crippen LogP contribution in [0.3, 0.4) is 0 Å². The Bertz CT molecular complexity index is 398. The number of aryl methyl sites for hydroxylation is 2. The zero-order valence-electron chi connectivity index (χ0n) is 21.5. The lowest BCUT2D eigenvalue weighted by atomic mass is 10.2. The Labute approximate surface area is 175 Å². The molecule has 0 nitrogen and oxygen atoms in total. The molecular formula is C27H52. The van der Waals surface area contributed by atoms with E-state index < -0.39 is 0 Å². The zero-order chi connectivity index (χ0) is 23.1. The molecule has 0 amide bonds. The highest BCUT2D eigenvalue weighted by Crippen LogP contribution is 1.99. The van der Waals surface area contributed by atoms with E-state index in [1.807, 2.05) is 108 Å². The van der Waals surface area contributed by atoms with Crippen molar-refractivity contribution in [2.24, 2.45) is 0 Å². The molecule has 0 saturated heterocycles. The minimum Gasteiger partial charge on any atom is -0.102 e. The van der Waals surface area contributed by atoms with E-state index in [1.165, 1.54) is 11.1 Å². The molecule has 0 unspecified atom stereocenters. The van der Waals surface area contributed by atoms with Gasteiger partial charge in [0.2, 0.25) is 0 Å². The third kappa shape index (κ3) is 51.6. The van der Waals surface area contributed by atoms with Gasteiger partial charge in [0.05, 0.1) is 0 Å². The van der Waals surface area contributed by atoms with Crippen LogP contribution in [0, 0.1) is 25.7 Å². The topological polar surface area (TPSA) is 0 Å². The number of rotatable bonds is 1. The van der Waals surface area contributed by atoms with Crippen molar-refractivity contribution in [3.05, 3.63) is 59.2 Å². The molecule has 27 heavy (non-hydrogen) atoms. The summed E-state index contributed by atoms with van der Waals surface area (Å²) in [5.74, 6) is 5.76. The van der Waals surface area contributed by atoms with E-state index in [0.717, 1.165) is 5.57 Å². The summed E-state index contributed by atoms with van der Waals surface area (Å²) in [6, 6.07) is 8.48. The van der Waals surface area contributed by atoms with Gasteiger partial charge < -0.3 is 0 Å². The SMILES string of the molecule is CC.CC.CC.CC.CC.CC#C/C(C)=C\C=C\C.Cc1ccc(C)cc1. The van der Waals surface area contributed by atoms with Crippen molar-refractivity contribution in [1.82, 2.24) is 0 Å². The Balaban J connectivity index is -0.0000000559. The van der Waals surface area contributed by atoms with E-state index in [4.69, 9.17) is 0 Å². The van der Waals surface area contributed by atoms with E-state index in [9.17, 15) is 0 Å². The van der Waals surface area contributed by atoms with Crippen LogP contribution in [0.2, 0.25) is 0 Å². The Hall–Kier alpha value is -1.74. The number of allylic oxidation sites excluding steroid dienone is 4. The van der Waals surface area contributed by atoms with Crippen molar-refractivity contribution < 1.29 is 0 Å². The molecule has 0 spiro atoms. The van der Waals surface area contributed by atoms with Crippen molar-refractivity contribution >= 4 is 0 Å². The normalized spacial score (nSPS) is 7.59. The molecular weight excluding hydrogens is 324 g/mol. The van der Waals surface area contributed by atoms with Crippen molar-refractivity contribution in [3.8, 4) is 11.8 Å². The van der Waals surface area contributed by atoms with Crippen LogP contribution in [-0.2, 0) is 0 Å². The molecule has 0 bridgehead atoms. The van der Waals surface area contributed by atoms with Crippen LogP contribution in [0.4, 0.5) is 0 Å². The predicted octanol–water partition coefficient (Wildman–Crippen LogP) is 9.97. The number of hydrogen-bond donors (Lipinski definition) is 0. The van der Waals surface area contributed by atoms with Crippen LogP contribution in [0.25, 0.3) is 0 Å². The van der Waals surface area contributed by atoms with Crippen LogP contribution in [-0.4, -0.2) is 0 Å². The highest BCUT2D eigenvalue weighted by Gasteiger charge is 1.79. The largest absolute Gasteiger partial charge is 0.102 e. The van der Waals surface area contributed by atoms with Crippen LogP contribution < -0.4 is 0 Å². The lowest BCUT2D eigenvalue weighted by Gasteiger charge is -1.90. The lowest BCUT2D eigenvalue weighted by molar-refractivity contribution is 1.40.